The van der Waals surface area contributed by atoms with Gasteiger partial charge in [-0.1, -0.05) is 212 Å². The number of benzene rings is 9. The Morgan fingerprint density at radius 2 is 0.983 bits per heavy atom. The van der Waals surface area contributed by atoms with Gasteiger partial charge in [-0.05, 0) is 67.6 Å². The van der Waals surface area contributed by atoms with E-state index in [1.165, 1.54) is 49.7 Å². The molecule has 0 unspecified atom stereocenters. The van der Waals surface area contributed by atoms with Crippen molar-refractivity contribution >= 4 is 33.7 Å². The molecule has 0 atom stereocenters. The summed E-state index contributed by atoms with van der Waals surface area (Å²) in [5.41, 5.74) is 15.2. The summed E-state index contributed by atoms with van der Waals surface area (Å²) in [6.07, 6.45) is 0.589. The Labute approximate surface area is 345 Å². The number of nitrogens with one attached hydrogen (secondary N) is 2. The van der Waals surface area contributed by atoms with E-state index in [0.717, 1.165) is 39.3 Å². The van der Waals surface area contributed by atoms with Gasteiger partial charge in [0.05, 0.1) is 16.8 Å². The van der Waals surface area contributed by atoms with E-state index in [-0.39, 0.29) is 5.84 Å². The summed E-state index contributed by atoms with van der Waals surface area (Å²) in [5.74, 6) is 0.254. The first kappa shape index (κ1) is 35.8. The minimum atomic E-state index is -0.593. The Morgan fingerprint density at radius 3 is 1.61 bits per heavy atom. The van der Waals surface area contributed by atoms with Crippen LogP contribution in [0.2, 0.25) is 0 Å². The first-order chi connectivity index (χ1) is 29.2. The molecular weight excluding hydrogens is 715 g/mol. The van der Waals surface area contributed by atoms with Gasteiger partial charge in [0.2, 0.25) is 0 Å². The van der Waals surface area contributed by atoms with Crippen LogP contribution in [0.15, 0.2) is 229 Å². The SMILES string of the molecule is N=C(/N=C(\Cc1ccc(Nc2c(-c3ccccc3)c3c(c4ccccc24)-c2ccccc2C3(c2ccccc2)c2ccccc2)cc1)c1ccccc1)c1ccccc1. The van der Waals surface area contributed by atoms with Crippen molar-refractivity contribution in [1.82, 2.24) is 0 Å². The molecule has 0 saturated heterocycles. The molecule has 0 aliphatic heterocycles. The van der Waals surface area contributed by atoms with Crippen LogP contribution in [0, 0.1) is 5.41 Å². The van der Waals surface area contributed by atoms with Gasteiger partial charge >= 0.3 is 0 Å². The van der Waals surface area contributed by atoms with Crippen LogP contribution in [0.4, 0.5) is 11.4 Å². The van der Waals surface area contributed by atoms with Gasteiger partial charge in [-0.15, -0.1) is 0 Å². The van der Waals surface area contributed by atoms with Gasteiger partial charge in [-0.25, -0.2) is 4.99 Å². The Morgan fingerprint density at radius 1 is 0.475 bits per heavy atom. The third-order valence-corrected chi connectivity index (χ3v) is 11.7. The zero-order valence-electron chi connectivity index (χ0n) is 32.5. The second-order valence-corrected chi connectivity index (χ2v) is 15.1. The maximum Gasteiger partial charge on any atom is 0.152 e. The molecule has 1 aliphatic carbocycles. The highest BCUT2D eigenvalue weighted by atomic mass is 14.9. The smallest absolute Gasteiger partial charge is 0.152 e. The molecule has 3 heteroatoms. The van der Waals surface area contributed by atoms with Crippen molar-refractivity contribution in [2.75, 3.05) is 5.32 Å². The molecule has 3 nitrogen and oxygen atoms in total. The van der Waals surface area contributed by atoms with Crippen molar-refractivity contribution < 1.29 is 0 Å². The second kappa shape index (κ2) is 15.4. The van der Waals surface area contributed by atoms with E-state index in [0.29, 0.717) is 6.42 Å². The van der Waals surface area contributed by atoms with E-state index in [9.17, 15) is 0 Å². The first-order valence-corrected chi connectivity index (χ1v) is 20.2. The maximum atomic E-state index is 8.83. The van der Waals surface area contributed by atoms with E-state index in [2.05, 4.69) is 181 Å². The zero-order chi connectivity index (χ0) is 39.6. The molecule has 0 aromatic heterocycles. The molecule has 280 valence electrons. The Hall–Kier alpha value is -7.62. The molecule has 59 heavy (non-hydrogen) atoms. The molecule has 9 aromatic carbocycles. The van der Waals surface area contributed by atoms with Crippen LogP contribution < -0.4 is 5.32 Å². The molecule has 0 fully saturated rings. The van der Waals surface area contributed by atoms with Crippen LogP contribution in [-0.2, 0) is 11.8 Å². The molecular formula is C56H41N3. The van der Waals surface area contributed by atoms with Crippen molar-refractivity contribution in [3.8, 4) is 22.3 Å². The fraction of sp³-hybridized carbons (Fsp3) is 0.0357. The number of hydrogen-bond donors (Lipinski definition) is 2. The average Bonchev–Trinajstić information content (AvgIpc) is 3.62. The zero-order valence-corrected chi connectivity index (χ0v) is 32.5. The summed E-state index contributed by atoms with van der Waals surface area (Å²) in [7, 11) is 0. The number of anilines is 2. The molecule has 0 heterocycles. The normalized spacial score (nSPS) is 12.8. The number of amidine groups is 1. The van der Waals surface area contributed by atoms with Gasteiger partial charge in [-0.3, -0.25) is 5.41 Å². The van der Waals surface area contributed by atoms with Gasteiger partial charge < -0.3 is 5.32 Å². The number of rotatable bonds is 9. The number of aliphatic imine (C=N–C) groups is 1. The van der Waals surface area contributed by atoms with Gasteiger partial charge in [0.25, 0.3) is 0 Å². The highest BCUT2D eigenvalue weighted by Crippen LogP contribution is 2.62. The van der Waals surface area contributed by atoms with Gasteiger partial charge in [-0.2, -0.15) is 0 Å². The lowest BCUT2D eigenvalue weighted by Gasteiger charge is -2.36. The van der Waals surface area contributed by atoms with Crippen molar-refractivity contribution in [3.63, 3.8) is 0 Å². The summed E-state index contributed by atoms with van der Waals surface area (Å²) >= 11 is 0. The van der Waals surface area contributed by atoms with Gasteiger partial charge in [0.15, 0.2) is 5.84 Å². The van der Waals surface area contributed by atoms with Crippen LogP contribution in [0.1, 0.15) is 38.9 Å². The minimum Gasteiger partial charge on any atom is -0.355 e. The lowest BCUT2D eigenvalue weighted by Crippen LogP contribution is -2.29. The lowest BCUT2D eigenvalue weighted by atomic mass is 9.65. The second-order valence-electron chi connectivity index (χ2n) is 15.1. The van der Waals surface area contributed by atoms with E-state index in [1.54, 1.807) is 0 Å². The lowest BCUT2D eigenvalue weighted by molar-refractivity contribution is 0.771. The third kappa shape index (κ3) is 6.34. The summed E-state index contributed by atoms with van der Waals surface area (Å²) in [4.78, 5) is 4.88. The topological polar surface area (TPSA) is 48.2 Å². The van der Waals surface area contributed by atoms with Crippen LogP contribution in [-0.4, -0.2) is 11.5 Å². The Balaban J connectivity index is 1.16. The van der Waals surface area contributed by atoms with Crippen LogP contribution in [0.3, 0.4) is 0 Å². The molecule has 1 aliphatic rings. The highest BCUT2D eigenvalue weighted by molar-refractivity contribution is 6.16. The fourth-order valence-corrected chi connectivity index (χ4v) is 9.10. The molecule has 0 spiro atoms. The molecule has 0 bridgehead atoms. The number of nitrogens with zero attached hydrogens (tertiary/aromatic N) is 1. The predicted octanol–water partition coefficient (Wildman–Crippen LogP) is 13.7. The third-order valence-electron chi connectivity index (χ3n) is 11.7. The molecule has 0 radical (unpaired) electrons. The van der Waals surface area contributed by atoms with Crippen molar-refractivity contribution in [1.29, 1.82) is 5.41 Å². The molecule has 2 N–H and O–H groups in total. The monoisotopic (exact) mass is 755 g/mol. The van der Waals surface area contributed by atoms with Crippen molar-refractivity contribution in [2.45, 2.75) is 11.8 Å². The van der Waals surface area contributed by atoms with Crippen LogP contribution >= 0.6 is 0 Å². The fourth-order valence-electron chi connectivity index (χ4n) is 9.10. The van der Waals surface area contributed by atoms with Crippen molar-refractivity contribution in [3.05, 3.63) is 263 Å². The van der Waals surface area contributed by atoms with E-state index >= 15 is 0 Å². The summed E-state index contributed by atoms with van der Waals surface area (Å²) in [6.45, 7) is 0. The molecule has 0 saturated carbocycles. The van der Waals surface area contributed by atoms with Crippen molar-refractivity contribution in [2.24, 2.45) is 4.99 Å². The highest BCUT2D eigenvalue weighted by Gasteiger charge is 2.49. The largest absolute Gasteiger partial charge is 0.355 e. The van der Waals surface area contributed by atoms with Crippen LogP contribution in [0.25, 0.3) is 33.0 Å². The number of fused-ring (bicyclic) bond motifs is 5. The summed E-state index contributed by atoms with van der Waals surface area (Å²) < 4.78 is 0. The summed E-state index contributed by atoms with van der Waals surface area (Å²) in [6, 6.07) is 79.5. The maximum absolute atomic E-state index is 8.83. The molecule has 0 amide bonds. The quantitative estimate of drug-likeness (QED) is 0.112. The summed E-state index contributed by atoms with van der Waals surface area (Å²) in [5, 5.41) is 15.2. The first-order valence-electron chi connectivity index (χ1n) is 20.2. The Bertz CT molecular complexity index is 2920. The standard InChI is InChI=1S/C56H41N3/c57-55(42-24-10-3-11-25-42)59-50(40-20-6-1-7-21-40)38-39-34-36-45(37-35-39)58-54-47-31-17-16-30-46(47)52-48-32-18-19-33-49(48)56(43-26-12-4-13-27-43,44-28-14-5-15-29-44)53(52)51(54)41-22-8-2-9-23-41/h1-37,57-58H,38H2/b57-55?,59-50+. The van der Waals surface area contributed by atoms with Gasteiger partial charge in [0, 0.05) is 28.6 Å². The minimum absolute atomic E-state index is 0.254. The van der Waals surface area contributed by atoms with E-state index < -0.39 is 5.41 Å². The Kier molecular flexibility index (Phi) is 9.32. The number of hydrogen-bond acceptors (Lipinski definition) is 2. The predicted molar refractivity (Wildman–Crippen MR) is 246 cm³/mol. The molecule has 9 aromatic rings. The van der Waals surface area contributed by atoms with E-state index in [1.807, 2.05) is 48.5 Å². The average molecular weight is 756 g/mol. The molecule has 10 rings (SSSR count). The van der Waals surface area contributed by atoms with E-state index in [4.69, 9.17) is 10.4 Å². The van der Waals surface area contributed by atoms with Crippen LogP contribution in [0.5, 0.6) is 0 Å². The van der Waals surface area contributed by atoms with Gasteiger partial charge in [0.1, 0.15) is 0 Å².